The Morgan fingerprint density at radius 2 is 1.20 bits per heavy atom. The number of nitrogens with zero attached hydrogens (tertiary/aromatic N) is 2. The molecule has 3 heterocycles. The Kier molecular flexibility index (Phi) is 6.09. The molecule has 5 rings (SSSR count). The summed E-state index contributed by atoms with van der Waals surface area (Å²) in [6.07, 6.45) is 4.70. The SMILES string of the molecule is [O-][s+]1c2cc(OCCCN3CCC3)ccc2c2ccc(OCCCN3CCC3)cc21. The Morgan fingerprint density at radius 3 is 1.60 bits per heavy atom. The second-order valence-electron chi connectivity index (χ2n) is 8.38. The summed E-state index contributed by atoms with van der Waals surface area (Å²) < 4.78 is 26.7. The lowest BCUT2D eigenvalue weighted by molar-refractivity contribution is 0.165. The van der Waals surface area contributed by atoms with Crippen LogP contribution in [0, 0.1) is 0 Å². The van der Waals surface area contributed by atoms with Crippen LogP contribution < -0.4 is 9.47 Å². The van der Waals surface area contributed by atoms with Crippen molar-refractivity contribution in [1.82, 2.24) is 9.80 Å². The molecular weight excluding hydrogens is 396 g/mol. The van der Waals surface area contributed by atoms with E-state index in [2.05, 4.69) is 9.80 Å². The highest BCUT2D eigenvalue weighted by molar-refractivity contribution is 7.37. The molecule has 30 heavy (non-hydrogen) atoms. The number of hydrogen-bond acceptors (Lipinski definition) is 5. The van der Waals surface area contributed by atoms with E-state index in [1.165, 1.54) is 39.0 Å². The van der Waals surface area contributed by atoms with Gasteiger partial charge in [-0.2, -0.15) is 0 Å². The van der Waals surface area contributed by atoms with Gasteiger partial charge in [-0.25, -0.2) is 0 Å². The number of hydrogen-bond donors (Lipinski definition) is 0. The maximum absolute atomic E-state index is 13.1. The molecule has 2 saturated heterocycles. The van der Waals surface area contributed by atoms with E-state index in [1.807, 2.05) is 36.4 Å². The molecule has 2 aliphatic heterocycles. The highest BCUT2D eigenvalue weighted by Gasteiger charge is 2.18. The third-order valence-electron chi connectivity index (χ3n) is 6.27. The first-order valence-electron chi connectivity index (χ1n) is 11.2. The van der Waals surface area contributed by atoms with Crippen molar-refractivity contribution >= 4 is 30.9 Å². The fourth-order valence-electron chi connectivity index (χ4n) is 4.22. The van der Waals surface area contributed by atoms with Gasteiger partial charge < -0.3 is 23.8 Å². The summed E-state index contributed by atoms with van der Waals surface area (Å²) in [7, 11) is -1.18. The lowest BCUT2D eigenvalue weighted by Crippen LogP contribution is -2.38. The van der Waals surface area contributed by atoms with E-state index < -0.39 is 10.8 Å². The van der Waals surface area contributed by atoms with Gasteiger partial charge in [0.05, 0.1) is 13.2 Å². The third-order valence-corrected chi connectivity index (χ3v) is 7.74. The van der Waals surface area contributed by atoms with Crippen LogP contribution in [0.5, 0.6) is 11.5 Å². The first kappa shape index (κ1) is 20.1. The van der Waals surface area contributed by atoms with Gasteiger partial charge in [0.2, 0.25) is 0 Å². The lowest BCUT2D eigenvalue weighted by atomic mass is 10.1. The van der Waals surface area contributed by atoms with Crippen LogP contribution in [0.2, 0.25) is 0 Å². The Bertz CT molecular complexity index is 931. The molecule has 0 bridgehead atoms. The Labute approximate surface area is 181 Å². The molecule has 6 heteroatoms. The number of fused-ring (bicyclic) bond motifs is 3. The predicted octanol–water partition coefficient (Wildman–Crippen LogP) is 4.67. The molecular formula is C24H30N2O3S. The number of rotatable bonds is 10. The number of ether oxygens (including phenoxy) is 2. The smallest absolute Gasteiger partial charge is 0.184 e. The van der Waals surface area contributed by atoms with Crippen LogP contribution in [0.3, 0.4) is 0 Å². The summed E-state index contributed by atoms with van der Waals surface area (Å²) in [5.74, 6) is 1.61. The van der Waals surface area contributed by atoms with Crippen LogP contribution in [-0.2, 0) is 0 Å². The third kappa shape index (κ3) is 4.28. The summed E-state index contributed by atoms with van der Waals surface area (Å²) in [6.45, 7) is 8.49. The molecule has 0 spiro atoms. The maximum Gasteiger partial charge on any atom is 0.184 e. The van der Waals surface area contributed by atoms with Crippen LogP contribution in [-0.4, -0.2) is 66.8 Å². The largest absolute Gasteiger partial charge is 0.590 e. The molecule has 2 fully saturated rings. The monoisotopic (exact) mass is 426 g/mol. The zero-order valence-corrected chi connectivity index (χ0v) is 18.3. The van der Waals surface area contributed by atoms with Crippen molar-refractivity contribution in [2.45, 2.75) is 25.7 Å². The van der Waals surface area contributed by atoms with Gasteiger partial charge in [0.25, 0.3) is 0 Å². The van der Waals surface area contributed by atoms with Crippen molar-refractivity contribution in [1.29, 1.82) is 0 Å². The van der Waals surface area contributed by atoms with Gasteiger partial charge in [-0.1, -0.05) is 0 Å². The van der Waals surface area contributed by atoms with Crippen molar-refractivity contribution < 1.29 is 14.0 Å². The van der Waals surface area contributed by atoms with E-state index in [4.69, 9.17) is 9.47 Å². The number of likely N-dealkylation sites (tertiary alicyclic amines) is 2. The van der Waals surface area contributed by atoms with Gasteiger partial charge >= 0.3 is 0 Å². The highest BCUT2D eigenvalue weighted by Crippen LogP contribution is 2.43. The van der Waals surface area contributed by atoms with Crippen LogP contribution in [0.15, 0.2) is 36.4 Å². The maximum atomic E-state index is 13.1. The summed E-state index contributed by atoms with van der Waals surface area (Å²) in [5.41, 5.74) is 0. The normalized spacial score (nSPS) is 17.2. The van der Waals surface area contributed by atoms with E-state index >= 15 is 0 Å². The summed E-state index contributed by atoms with van der Waals surface area (Å²) in [6, 6.07) is 12.0. The fraction of sp³-hybridized carbons (Fsp3) is 0.500. The minimum Gasteiger partial charge on any atom is -0.590 e. The number of thiophene rings is 1. The molecule has 0 atom stereocenters. The Hall–Kier alpha value is -1.86. The van der Waals surface area contributed by atoms with Gasteiger partial charge in [-0.05, 0) is 86.9 Å². The topological polar surface area (TPSA) is 48.0 Å². The second-order valence-corrected chi connectivity index (χ2v) is 9.80. The van der Waals surface area contributed by atoms with Crippen LogP contribution in [0.25, 0.3) is 20.2 Å². The molecule has 0 N–H and O–H groups in total. The van der Waals surface area contributed by atoms with Crippen molar-refractivity contribution in [3.8, 4) is 11.5 Å². The number of benzene rings is 2. The van der Waals surface area contributed by atoms with Gasteiger partial charge in [0.1, 0.15) is 11.5 Å². The Balaban J connectivity index is 1.23. The molecule has 2 aromatic carbocycles. The van der Waals surface area contributed by atoms with Gasteiger partial charge in [-0.15, -0.1) is 0 Å². The molecule has 2 aliphatic rings. The quantitative estimate of drug-likeness (QED) is 0.348. The van der Waals surface area contributed by atoms with Gasteiger partial charge in [-0.3, -0.25) is 0 Å². The fourth-order valence-corrected chi connectivity index (χ4v) is 5.66. The lowest BCUT2D eigenvalue weighted by Gasteiger charge is -2.30. The summed E-state index contributed by atoms with van der Waals surface area (Å²) >= 11 is 0. The van der Waals surface area contributed by atoms with E-state index in [0.29, 0.717) is 13.2 Å². The summed E-state index contributed by atoms with van der Waals surface area (Å²) in [5, 5.41) is 2.08. The highest BCUT2D eigenvalue weighted by atomic mass is 32.2. The molecule has 0 amide bonds. The molecule has 3 aromatic rings. The molecule has 0 unspecified atom stereocenters. The van der Waals surface area contributed by atoms with E-state index in [0.717, 1.165) is 57.6 Å². The van der Waals surface area contributed by atoms with Crippen LogP contribution in [0.1, 0.15) is 25.7 Å². The van der Waals surface area contributed by atoms with Crippen molar-refractivity contribution in [2.75, 3.05) is 52.5 Å². The molecule has 0 aliphatic carbocycles. The van der Waals surface area contributed by atoms with E-state index in [-0.39, 0.29) is 0 Å². The van der Waals surface area contributed by atoms with E-state index in [9.17, 15) is 4.55 Å². The molecule has 1 aromatic heterocycles. The minimum atomic E-state index is -1.18. The standard InChI is InChI=1S/C24H30N2O3S/c27-30-23-17-19(28-15-3-13-25-9-1-10-25)5-7-21(23)22-8-6-20(18-24(22)30)29-16-4-14-26-11-2-12-26/h5-8,17-18H,1-4,9-16H2. The van der Waals surface area contributed by atoms with E-state index in [1.54, 1.807) is 0 Å². The van der Waals surface area contributed by atoms with Crippen molar-refractivity contribution in [2.24, 2.45) is 0 Å². The van der Waals surface area contributed by atoms with Crippen LogP contribution >= 0.6 is 10.8 Å². The molecule has 160 valence electrons. The second kappa shape index (κ2) is 9.10. The van der Waals surface area contributed by atoms with Crippen molar-refractivity contribution in [3.05, 3.63) is 36.4 Å². The zero-order valence-electron chi connectivity index (χ0n) is 17.5. The average Bonchev–Trinajstić information content (AvgIpc) is 2.96. The minimum absolute atomic E-state index is 0.699. The Morgan fingerprint density at radius 1 is 0.733 bits per heavy atom. The molecule has 5 nitrogen and oxygen atoms in total. The zero-order chi connectivity index (χ0) is 20.3. The van der Waals surface area contributed by atoms with Crippen LogP contribution in [0.4, 0.5) is 0 Å². The van der Waals surface area contributed by atoms with Crippen molar-refractivity contribution in [3.63, 3.8) is 0 Å². The molecule has 0 radical (unpaired) electrons. The molecule has 0 saturated carbocycles. The van der Waals surface area contributed by atoms with Gasteiger partial charge in [0, 0.05) is 36.0 Å². The predicted molar refractivity (Wildman–Crippen MR) is 122 cm³/mol. The average molecular weight is 427 g/mol. The van der Waals surface area contributed by atoms with Gasteiger partial charge in [0.15, 0.2) is 9.40 Å². The first-order valence-corrected chi connectivity index (χ1v) is 12.3. The first-order chi connectivity index (χ1) is 14.8. The summed E-state index contributed by atoms with van der Waals surface area (Å²) in [4.78, 5) is 4.89.